The molecule has 0 radical (unpaired) electrons. The quantitative estimate of drug-likeness (QED) is 0.135. The first-order chi connectivity index (χ1) is 45.1. The fraction of sp³-hybridized carbons (Fsp3) is 0.0175. The van der Waals surface area contributed by atoms with Gasteiger partial charge in [0.2, 0.25) is 0 Å². The smallest absolute Gasteiger partial charge is 0.143 e. The van der Waals surface area contributed by atoms with E-state index in [1.54, 1.807) is 0 Å². The van der Waals surface area contributed by atoms with Crippen LogP contribution in [-0.4, -0.2) is 0 Å². The van der Waals surface area contributed by atoms with Crippen LogP contribution in [-0.2, 0) is 0 Å². The van der Waals surface area contributed by atoms with Crippen LogP contribution in [0.5, 0.6) is 0 Å². The van der Waals surface area contributed by atoms with Gasteiger partial charge in [0.1, 0.15) is 11.2 Å². The topological polar surface area (TPSA) is 22.9 Å². The lowest BCUT2D eigenvalue weighted by atomic mass is 9.96. The highest BCUT2D eigenvalue weighted by Crippen LogP contribution is 2.47. The number of hydrogen-bond acceptors (Lipinski definition) is 4. The Hall–Kier alpha value is -8.08. The van der Waals surface area contributed by atoms with Crippen LogP contribution in [0.15, 0.2) is 234 Å². The van der Waals surface area contributed by atoms with Crippen LogP contribution in [0.3, 0.4) is 0 Å². The van der Waals surface area contributed by atoms with Gasteiger partial charge in [-0.25, -0.2) is 0 Å². The lowest BCUT2D eigenvalue weighted by molar-refractivity contribution is 0.673. The van der Waals surface area contributed by atoms with Crippen molar-refractivity contribution in [1.82, 2.24) is 0 Å². The Morgan fingerprint density at radius 1 is 0.361 bits per heavy atom. The minimum atomic E-state index is -1.30. The lowest BCUT2D eigenvalue weighted by Gasteiger charge is -2.33. The average molecular weight is 820 g/mol. The van der Waals surface area contributed by atoms with Gasteiger partial charge in [-0.15, -0.1) is 0 Å². The molecule has 290 valence electrons. The summed E-state index contributed by atoms with van der Waals surface area (Å²) in [6.45, 7) is 0.976. The zero-order valence-corrected chi connectivity index (χ0v) is 30.9. The molecule has 0 atom stereocenters. The normalized spacial score (nSPS) is 19.6. The molecule has 0 N–H and O–H groups in total. The van der Waals surface area contributed by atoms with Gasteiger partial charge in [-0.3, -0.25) is 0 Å². The van der Waals surface area contributed by atoms with Gasteiger partial charge in [-0.2, -0.15) is 0 Å². The summed E-state index contributed by atoms with van der Waals surface area (Å²) in [4.78, 5) is 1.48. The standard InChI is InChI=1S/C57H41N3O/c1-40-53(59(43-24-10-4-11-25-43)46-29-18-28-45(38-46)58(41-20-6-2-7-21-41)42-22-8-3-9-23-42)33-19-34-54(40)60(44-26-12-5-13-27-44)47-36-37-49-48-30-14-15-31-50(48)57-56(52(49)39-47)51-32-16-17-35-55(51)61-57/h2-39H,1H3/i2D,3D,4D,5D,6D,7D,8D,9D,10D,11D,12D,13D,14D,15D,16D,17D,18D,19D,20D,21D,22D,23D,24D,25D,26D,27D,29D,30D,31D,32D,33D,34D,35D,36D,37D,39D. The summed E-state index contributed by atoms with van der Waals surface area (Å²) in [7, 11) is 0. The third-order valence-electron chi connectivity index (χ3n) is 9.34. The highest BCUT2D eigenvalue weighted by molar-refractivity contribution is 6.30. The second kappa shape index (κ2) is 15.3. The van der Waals surface area contributed by atoms with Crippen molar-refractivity contribution < 1.29 is 53.8 Å². The van der Waals surface area contributed by atoms with Gasteiger partial charge >= 0.3 is 0 Å². The molecule has 0 spiro atoms. The molecule has 10 aromatic carbocycles. The van der Waals surface area contributed by atoms with Gasteiger partial charge in [0.15, 0.2) is 0 Å². The van der Waals surface area contributed by atoms with Crippen LogP contribution in [0.1, 0.15) is 54.9 Å². The second-order valence-electron chi connectivity index (χ2n) is 12.7. The number of fused-ring (bicyclic) bond motifs is 8. The Balaban J connectivity index is 1.38. The molecule has 1 aromatic heterocycles. The molecule has 0 unspecified atom stereocenters. The van der Waals surface area contributed by atoms with Crippen molar-refractivity contribution in [3.05, 3.63) is 235 Å². The number of rotatable bonds is 9. The predicted molar refractivity (Wildman–Crippen MR) is 258 cm³/mol. The maximum absolute atomic E-state index is 10.4. The monoisotopic (exact) mass is 820 g/mol. The fourth-order valence-corrected chi connectivity index (χ4v) is 6.82. The van der Waals surface area contributed by atoms with E-state index in [9.17, 15) is 19.2 Å². The Bertz CT molecular complexity index is 5290. The summed E-state index contributed by atoms with van der Waals surface area (Å²) in [6, 6.07) is -36.9. The minimum absolute atomic E-state index is 0.446. The maximum atomic E-state index is 10.4. The molecule has 11 rings (SSSR count). The SMILES string of the molecule is [2H]c1cc(N(c2c([2H])c([2H])c([2H])c([2H])c2[2H])c2c([2H])c([2H])c([2H])c([2H])c2[2H])cc(N(c2c([2H])c([2H])c([2H])c([2H])c2[2H])c2c([2H])c([2H])c([2H])c(N(c3c([2H])c([2H])c([2H])c([2H])c3[2H])c3c([2H])c([2H])c4c5c([2H])c([2H])c([2H])c([2H])c5c5oc6c([2H])c([2H])c([2H])c([2H])c6c5c4c3[2H])c2C)c1[2H]. The number of benzene rings is 10. The van der Waals surface area contributed by atoms with Gasteiger partial charge in [0.05, 0.1) is 60.7 Å². The Kier molecular flexibility index (Phi) is 3.65. The van der Waals surface area contributed by atoms with Crippen LogP contribution >= 0.6 is 0 Å². The van der Waals surface area contributed by atoms with E-state index < -0.39 is 318 Å². The van der Waals surface area contributed by atoms with Crippen molar-refractivity contribution in [1.29, 1.82) is 0 Å². The van der Waals surface area contributed by atoms with Gasteiger partial charge in [0.25, 0.3) is 0 Å². The Morgan fingerprint density at radius 2 is 0.836 bits per heavy atom. The van der Waals surface area contributed by atoms with E-state index in [0.29, 0.717) is 14.7 Å². The molecule has 0 aliphatic heterocycles. The van der Waals surface area contributed by atoms with E-state index >= 15 is 0 Å². The van der Waals surface area contributed by atoms with E-state index in [1.165, 1.54) is 0 Å². The summed E-state index contributed by atoms with van der Waals surface area (Å²) < 4.78 is 335. The molecule has 0 aliphatic carbocycles. The third kappa shape index (κ3) is 6.33. The van der Waals surface area contributed by atoms with E-state index in [0.717, 1.165) is 19.1 Å². The van der Waals surface area contributed by atoms with Crippen LogP contribution in [0.25, 0.3) is 43.5 Å². The van der Waals surface area contributed by atoms with Crippen LogP contribution in [0.2, 0.25) is 0 Å². The second-order valence-corrected chi connectivity index (χ2v) is 12.7. The third-order valence-corrected chi connectivity index (χ3v) is 9.34. The first kappa shape index (κ1) is 14.6. The van der Waals surface area contributed by atoms with E-state index in [4.69, 9.17) is 34.6 Å². The van der Waals surface area contributed by atoms with Crippen molar-refractivity contribution >= 4 is 94.7 Å². The molecule has 11 aromatic rings. The lowest BCUT2D eigenvalue weighted by Crippen LogP contribution is -2.16. The molecule has 0 saturated carbocycles. The van der Waals surface area contributed by atoms with Crippen LogP contribution < -0.4 is 14.7 Å². The molecule has 61 heavy (non-hydrogen) atoms. The molecule has 4 nitrogen and oxygen atoms in total. The summed E-state index contributed by atoms with van der Waals surface area (Å²) in [5.74, 6) is 0. The number of furan rings is 1. The summed E-state index contributed by atoms with van der Waals surface area (Å²) in [5.41, 5.74) is -11.0. The van der Waals surface area contributed by atoms with Crippen molar-refractivity contribution in [2.75, 3.05) is 14.7 Å². The van der Waals surface area contributed by atoms with Gasteiger partial charge in [-0.05, 0) is 125 Å². The molecule has 0 amide bonds. The highest BCUT2D eigenvalue weighted by Gasteiger charge is 2.24. The zero-order chi connectivity index (χ0) is 72.0. The number of para-hydroxylation sites is 5. The first-order valence-corrected chi connectivity index (χ1v) is 17.8. The molecular formula is C57H41N3O. The maximum Gasteiger partial charge on any atom is 0.143 e. The number of hydrogen-bond donors (Lipinski definition) is 0. The number of nitrogens with zero attached hydrogens (tertiary/aromatic N) is 3. The summed E-state index contributed by atoms with van der Waals surface area (Å²) >= 11 is 0. The molecule has 0 saturated heterocycles. The number of anilines is 9. The predicted octanol–water partition coefficient (Wildman–Crippen LogP) is 16.6. The molecule has 0 bridgehead atoms. The molecule has 1 heterocycles. The van der Waals surface area contributed by atoms with E-state index in [-0.39, 0.29) is 0 Å². The fourth-order valence-electron chi connectivity index (χ4n) is 6.82. The van der Waals surface area contributed by atoms with Crippen molar-refractivity contribution in [2.24, 2.45) is 0 Å². The van der Waals surface area contributed by atoms with Gasteiger partial charge < -0.3 is 19.1 Å². The van der Waals surface area contributed by atoms with Gasteiger partial charge in [0, 0.05) is 56.0 Å². The van der Waals surface area contributed by atoms with Crippen LogP contribution in [0, 0.1) is 6.92 Å². The van der Waals surface area contributed by atoms with E-state index in [1.807, 2.05) is 0 Å². The van der Waals surface area contributed by atoms with Crippen LogP contribution in [0.4, 0.5) is 51.2 Å². The average Bonchev–Trinajstić information content (AvgIpc) is 1.54. The molecule has 0 aliphatic rings. The molecule has 4 heteroatoms. The first-order valence-electron chi connectivity index (χ1n) is 35.8. The Labute approximate surface area is 406 Å². The largest absolute Gasteiger partial charge is 0.455 e. The molecule has 0 fully saturated rings. The van der Waals surface area contributed by atoms with Crippen molar-refractivity contribution in [3.8, 4) is 0 Å². The van der Waals surface area contributed by atoms with E-state index in [2.05, 4.69) is 0 Å². The minimum Gasteiger partial charge on any atom is -0.455 e. The summed E-state index contributed by atoms with van der Waals surface area (Å²) in [5, 5.41) is -3.70. The molecular weight excluding hydrogens is 743 g/mol. The highest BCUT2D eigenvalue weighted by atomic mass is 16.3. The van der Waals surface area contributed by atoms with Crippen molar-refractivity contribution in [2.45, 2.75) is 6.92 Å². The summed E-state index contributed by atoms with van der Waals surface area (Å²) in [6.07, 6.45) is 0. The Morgan fingerprint density at radius 3 is 1.44 bits per heavy atom. The zero-order valence-electron chi connectivity index (χ0n) is 66.9. The van der Waals surface area contributed by atoms with Gasteiger partial charge in [-0.1, -0.05) is 133 Å². The van der Waals surface area contributed by atoms with Crippen molar-refractivity contribution in [3.63, 3.8) is 0 Å².